The van der Waals surface area contributed by atoms with Crippen molar-refractivity contribution in [3.8, 4) is 0 Å². The molecular weight excluding hydrogens is 334 g/mol. The van der Waals surface area contributed by atoms with Gasteiger partial charge >= 0.3 is 5.97 Å². The number of amides is 4. The second-order valence-electron chi connectivity index (χ2n) is 5.80. The minimum Gasteiger partial charge on any atom is -0.480 e. The van der Waals surface area contributed by atoms with E-state index in [9.17, 15) is 24.0 Å². The van der Waals surface area contributed by atoms with Crippen LogP contribution in [0.1, 0.15) is 26.7 Å². The SMILES string of the molecule is CC(C)CC(NC(=O)CN)C(=O)NC(CC(N)=O)C(=O)NCC(=O)O. The number of carbonyl (C=O) groups excluding carboxylic acids is 4. The molecule has 2 unspecified atom stereocenters. The predicted molar refractivity (Wildman–Crippen MR) is 86.8 cm³/mol. The molecule has 0 spiro atoms. The molecule has 0 rings (SSSR count). The van der Waals surface area contributed by atoms with E-state index in [1.54, 1.807) is 0 Å². The number of carbonyl (C=O) groups is 5. The Kier molecular flexibility index (Phi) is 9.79. The van der Waals surface area contributed by atoms with Gasteiger partial charge in [0.2, 0.25) is 23.6 Å². The molecular formula is C14H25N5O6. The molecule has 0 radical (unpaired) electrons. The van der Waals surface area contributed by atoms with Crippen molar-refractivity contribution in [2.24, 2.45) is 17.4 Å². The standard InChI is InChI=1S/C14H25N5O6/c1-7(2)3-8(18-11(21)5-15)14(25)19-9(4-10(16)20)13(24)17-6-12(22)23/h7-9H,3-6,15H2,1-2H3,(H2,16,20)(H,17,24)(H,18,21)(H,19,25)(H,22,23). The van der Waals surface area contributed by atoms with Gasteiger partial charge in [0.1, 0.15) is 18.6 Å². The fourth-order valence-electron chi connectivity index (χ4n) is 1.92. The normalized spacial score (nSPS) is 12.8. The molecule has 11 nitrogen and oxygen atoms in total. The molecule has 0 aromatic carbocycles. The van der Waals surface area contributed by atoms with Gasteiger partial charge in [0, 0.05) is 0 Å². The van der Waals surface area contributed by atoms with Crippen LogP contribution in [0, 0.1) is 5.92 Å². The first kappa shape index (κ1) is 22.3. The highest BCUT2D eigenvalue weighted by Crippen LogP contribution is 2.06. The van der Waals surface area contributed by atoms with E-state index in [4.69, 9.17) is 16.6 Å². The summed E-state index contributed by atoms with van der Waals surface area (Å²) in [6, 6.07) is -2.31. The number of rotatable bonds is 11. The average molecular weight is 359 g/mol. The van der Waals surface area contributed by atoms with Crippen molar-refractivity contribution in [1.29, 1.82) is 0 Å². The van der Waals surface area contributed by atoms with Crippen molar-refractivity contribution in [1.82, 2.24) is 16.0 Å². The third kappa shape index (κ3) is 9.91. The van der Waals surface area contributed by atoms with Gasteiger partial charge in [0.25, 0.3) is 0 Å². The van der Waals surface area contributed by atoms with Crippen LogP contribution in [0.5, 0.6) is 0 Å². The molecule has 0 saturated heterocycles. The quantitative estimate of drug-likeness (QED) is 0.227. The Bertz CT molecular complexity index is 522. The summed E-state index contributed by atoms with van der Waals surface area (Å²) < 4.78 is 0. The third-order valence-electron chi connectivity index (χ3n) is 3.00. The Morgan fingerprint density at radius 1 is 1.00 bits per heavy atom. The summed E-state index contributed by atoms with van der Waals surface area (Å²) in [5.41, 5.74) is 10.3. The van der Waals surface area contributed by atoms with Crippen molar-refractivity contribution >= 4 is 29.6 Å². The number of primary amides is 1. The first-order valence-electron chi connectivity index (χ1n) is 7.64. The number of nitrogens with one attached hydrogen (secondary N) is 3. The van der Waals surface area contributed by atoms with Gasteiger partial charge in [0.15, 0.2) is 0 Å². The molecule has 0 aliphatic heterocycles. The predicted octanol–water partition coefficient (Wildman–Crippen LogP) is -2.96. The van der Waals surface area contributed by atoms with Crippen LogP contribution in [0.4, 0.5) is 0 Å². The average Bonchev–Trinajstić information content (AvgIpc) is 2.49. The largest absolute Gasteiger partial charge is 0.480 e. The van der Waals surface area contributed by atoms with Gasteiger partial charge < -0.3 is 32.5 Å². The Balaban J connectivity index is 5.09. The topological polar surface area (TPSA) is 194 Å². The summed E-state index contributed by atoms with van der Waals surface area (Å²) in [5, 5.41) is 15.4. The molecule has 25 heavy (non-hydrogen) atoms. The van der Waals surface area contributed by atoms with E-state index in [2.05, 4.69) is 16.0 Å². The zero-order chi connectivity index (χ0) is 19.6. The maximum Gasteiger partial charge on any atom is 0.322 e. The van der Waals surface area contributed by atoms with Crippen LogP contribution in [0.2, 0.25) is 0 Å². The first-order chi connectivity index (χ1) is 11.6. The fourth-order valence-corrected chi connectivity index (χ4v) is 1.92. The molecule has 0 saturated carbocycles. The molecule has 0 aromatic rings. The lowest BCUT2D eigenvalue weighted by molar-refractivity contribution is -0.138. The van der Waals surface area contributed by atoms with E-state index in [1.807, 2.05) is 13.8 Å². The molecule has 2 atom stereocenters. The molecule has 0 heterocycles. The Hall–Kier alpha value is -2.69. The summed E-state index contributed by atoms with van der Waals surface area (Å²) in [7, 11) is 0. The van der Waals surface area contributed by atoms with Gasteiger partial charge in [-0.25, -0.2) is 0 Å². The van der Waals surface area contributed by atoms with Crippen molar-refractivity contribution in [3.63, 3.8) is 0 Å². The molecule has 11 heteroatoms. The van der Waals surface area contributed by atoms with Crippen molar-refractivity contribution in [2.45, 2.75) is 38.8 Å². The molecule has 0 bridgehead atoms. The zero-order valence-electron chi connectivity index (χ0n) is 14.2. The summed E-state index contributed by atoms with van der Waals surface area (Å²) in [5.74, 6) is -4.23. The number of hydrogen-bond acceptors (Lipinski definition) is 6. The fraction of sp³-hybridized carbons (Fsp3) is 0.643. The van der Waals surface area contributed by atoms with Gasteiger partial charge in [-0.15, -0.1) is 0 Å². The molecule has 8 N–H and O–H groups in total. The minimum absolute atomic E-state index is 0.0456. The maximum atomic E-state index is 12.3. The Labute approximate surface area is 144 Å². The van der Waals surface area contributed by atoms with E-state index in [1.165, 1.54) is 0 Å². The van der Waals surface area contributed by atoms with Crippen LogP contribution in [0.25, 0.3) is 0 Å². The second kappa shape index (κ2) is 11.0. The van der Waals surface area contributed by atoms with E-state index in [0.717, 1.165) is 0 Å². The van der Waals surface area contributed by atoms with Gasteiger partial charge in [-0.3, -0.25) is 24.0 Å². The molecule has 0 fully saturated rings. The van der Waals surface area contributed by atoms with Crippen molar-refractivity contribution < 1.29 is 29.1 Å². The summed E-state index contributed by atoms with van der Waals surface area (Å²) in [6.45, 7) is 2.67. The highest BCUT2D eigenvalue weighted by atomic mass is 16.4. The lowest BCUT2D eigenvalue weighted by Gasteiger charge is -2.23. The van der Waals surface area contributed by atoms with Gasteiger partial charge in [-0.05, 0) is 12.3 Å². The smallest absolute Gasteiger partial charge is 0.322 e. The molecule has 0 aliphatic rings. The zero-order valence-corrected chi connectivity index (χ0v) is 14.2. The van der Waals surface area contributed by atoms with Crippen LogP contribution in [0.15, 0.2) is 0 Å². The number of nitrogens with two attached hydrogens (primary N) is 2. The lowest BCUT2D eigenvalue weighted by Crippen LogP contribution is -2.55. The maximum absolute atomic E-state index is 12.3. The van der Waals surface area contributed by atoms with Crippen molar-refractivity contribution in [3.05, 3.63) is 0 Å². The van der Waals surface area contributed by atoms with Crippen molar-refractivity contribution in [2.75, 3.05) is 13.1 Å². The summed E-state index contributed by atoms with van der Waals surface area (Å²) in [4.78, 5) is 57.3. The van der Waals surface area contributed by atoms with Crippen LogP contribution in [0.3, 0.4) is 0 Å². The van der Waals surface area contributed by atoms with E-state index < -0.39 is 54.6 Å². The Morgan fingerprint density at radius 3 is 2.04 bits per heavy atom. The van der Waals surface area contributed by atoms with Crippen LogP contribution in [-0.4, -0.2) is 59.9 Å². The van der Waals surface area contributed by atoms with Gasteiger partial charge in [0.05, 0.1) is 13.0 Å². The number of hydrogen-bond donors (Lipinski definition) is 6. The van der Waals surface area contributed by atoms with Gasteiger partial charge in [-0.1, -0.05) is 13.8 Å². The van der Waals surface area contributed by atoms with Gasteiger partial charge in [-0.2, -0.15) is 0 Å². The van der Waals surface area contributed by atoms with E-state index >= 15 is 0 Å². The van der Waals surface area contributed by atoms with E-state index in [0.29, 0.717) is 0 Å². The number of carboxylic acid groups (broad SMARTS) is 1. The molecule has 0 aromatic heterocycles. The van der Waals surface area contributed by atoms with Crippen LogP contribution < -0.4 is 27.4 Å². The molecule has 4 amide bonds. The molecule has 0 aliphatic carbocycles. The number of carboxylic acids is 1. The summed E-state index contributed by atoms with van der Waals surface area (Å²) >= 11 is 0. The van der Waals surface area contributed by atoms with E-state index in [-0.39, 0.29) is 18.9 Å². The molecule has 142 valence electrons. The lowest BCUT2D eigenvalue weighted by atomic mass is 10.0. The van der Waals surface area contributed by atoms with Crippen LogP contribution >= 0.6 is 0 Å². The highest BCUT2D eigenvalue weighted by molar-refractivity contribution is 5.95. The minimum atomic E-state index is -1.35. The Morgan fingerprint density at radius 2 is 1.60 bits per heavy atom. The second-order valence-corrected chi connectivity index (χ2v) is 5.80. The summed E-state index contributed by atoms with van der Waals surface area (Å²) in [6.07, 6.45) is -0.242. The first-order valence-corrected chi connectivity index (χ1v) is 7.64. The van der Waals surface area contributed by atoms with Crippen LogP contribution in [-0.2, 0) is 24.0 Å². The number of aliphatic carboxylic acids is 1. The third-order valence-corrected chi connectivity index (χ3v) is 3.00. The highest BCUT2D eigenvalue weighted by Gasteiger charge is 2.28. The monoisotopic (exact) mass is 359 g/mol.